The molecule has 0 aliphatic carbocycles. The van der Waals surface area contributed by atoms with Gasteiger partial charge in [0.1, 0.15) is 0 Å². The Morgan fingerprint density at radius 2 is 1.67 bits per heavy atom. The number of hydrogen-bond acceptors (Lipinski definition) is 3. The Labute approximate surface area is 195 Å². The van der Waals surface area contributed by atoms with Crippen molar-refractivity contribution in [2.45, 2.75) is 24.2 Å². The van der Waals surface area contributed by atoms with E-state index in [0.29, 0.717) is 0 Å². The number of nitrogens with zero attached hydrogens (tertiary/aromatic N) is 3. The average molecular weight is 492 g/mol. The van der Waals surface area contributed by atoms with Gasteiger partial charge < -0.3 is 0 Å². The third kappa shape index (κ3) is 3.28. The Balaban J connectivity index is 1.68. The van der Waals surface area contributed by atoms with E-state index in [1.165, 1.54) is 4.40 Å². The quantitative estimate of drug-likeness (QED) is 0.254. The number of imidazole rings is 1. The summed E-state index contributed by atoms with van der Waals surface area (Å²) in [5.41, 5.74) is 6.74. The Morgan fingerprint density at radius 3 is 2.45 bits per heavy atom. The Morgan fingerprint density at radius 1 is 0.848 bits per heavy atom. The third-order valence-electron chi connectivity index (χ3n) is 6.30. The zero-order chi connectivity index (χ0) is 22.7. The van der Waals surface area contributed by atoms with E-state index in [1.54, 1.807) is 0 Å². The molecule has 6 aromatic rings. The third-order valence-corrected chi connectivity index (χ3v) is 10.6. The van der Waals surface area contributed by atoms with Crippen LogP contribution in [0.25, 0.3) is 50.0 Å². The van der Waals surface area contributed by atoms with Gasteiger partial charge in [-0.2, -0.15) is 0 Å². The number of fused-ring (bicyclic) bond motifs is 4. The van der Waals surface area contributed by atoms with E-state index in [4.69, 9.17) is 9.40 Å². The van der Waals surface area contributed by atoms with Crippen LogP contribution in [0.2, 0.25) is 17.3 Å². The molecule has 3 heterocycles. The van der Waals surface area contributed by atoms with E-state index in [1.807, 2.05) is 37.4 Å². The number of hydrogen-bond donors (Lipinski definition) is 0. The Bertz CT molecular complexity index is 1660. The van der Waals surface area contributed by atoms with Gasteiger partial charge in [0.05, 0.1) is 0 Å². The molecule has 0 unspecified atom stereocenters. The molecule has 0 radical (unpaired) electrons. The summed E-state index contributed by atoms with van der Waals surface area (Å²) >= 11 is -1.97. The molecule has 0 N–H and O–H groups in total. The molecule has 0 atom stereocenters. The molecule has 0 amide bonds. The summed E-state index contributed by atoms with van der Waals surface area (Å²) in [4.78, 5) is 9.62. The van der Waals surface area contributed by atoms with Crippen LogP contribution in [0.1, 0.15) is 5.69 Å². The molecule has 3 aromatic carbocycles. The molecule has 0 aliphatic heterocycles. The Hall–Kier alpha value is -3.38. The fourth-order valence-electron chi connectivity index (χ4n) is 4.54. The van der Waals surface area contributed by atoms with E-state index in [2.05, 4.69) is 75.4 Å². The number of furan rings is 1. The van der Waals surface area contributed by atoms with Gasteiger partial charge in [0.15, 0.2) is 0 Å². The van der Waals surface area contributed by atoms with E-state index < -0.39 is 13.3 Å². The number of benzene rings is 3. The van der Waals surface area contributed by atoms with Crippen molar-refractivity contribution in [2.24, 2.45) is 0 Å². The van der Waals surface area contributed by atoms with Gasteiger partial charge in [0.2, 0.25) is 0 Å². The molecule has 5 heteroatoms. The summed E-state index contributed by atoms with van der Waals surface area (Å²) in [7, 11) is 0. The number of aryl methyl sites for hydroxylation is 1. The van der Waals surface area contributed by atoms with Crippen molar-refractivity contribution in [1.82, 2.24) is 14.5 Å². The summed E-state index contributed by atoms with van der Waals surface area (Å²) in [6, 6.07) is 25.5. The molecule has 0 spiro atoms. The van der Waals surface area contributed by atoms with Crippen LogP contribution in [0, 0.1) is 6.92 Å². The van der Waals surface area contributed by atoms with E-state index in [0.717, 1.165) is 55.7 Å². The fourth-order valence-corrected chi connectivity index (χ4v) is 6.95. The number of para-hydroxylation sites is 2. The predicted molar refractivity (Wildman–Crippen MR) is 139 cm³/mol. The second kappa shape index (κ2) is 7.32. The van der Waals surface area contributed by atoms with Crippen LogP contribution in [-0.2, 0) is 0 Å². The van der Waals surface area contributed by atoms with Crippen LogP contribution in [0.4, 0.5) is 0 Å². The van der Waals surface area contributed by atoms with Gasteiger partial charge in [-0.25, -0.2) is 0 Å². The van der Waals surface area contributed by atoms with E-state index in [-0.39, 0.29) is 0 Å². The first-order valence-corrected chi connectivity index (χ1v) is 18.6. The molecule has 3 aromatic heterocycles. The molecule has 0 saturated carbocycles. The van der Waals surface area contributed by atoms with Crippen molar-refractivity contribution < 1.29 is 4.42 Å². The SMILES string of the molecule is Cc1cc2nc(-c3cccc4c3oc3c[c]([Ge]([CH3])([CH3])[CH3])ccc34)n(-c3ccccc3)c2cn1. The normalized spacial score (nSPS) is 12.2. The average Bonchev–Trinajstić information content (AvgIpc) is 3.36. The molecule has 0 bridgehead atoms. The first-order valence-electron chi connectivity index (χ1n) is 11.3. The second-order valence-corrected chi connectivity index (χ2v) is 20.3. The van der Waals surface area contributed by atoms with Crippen LogP contribution >= 0.6 is 0 Å². The molecule has 0 aliphatic rings. The summed E-state index contributed by atoms with van der Waals surface area (Å²) in [5, 5.41) is 2.28. The zero-order valence-corrected chi connectivity index (χ0v) is 21.4. The minimum atomic E-state index is -1.97. The van der Waals surface area contributed by atoms with Crippen LogP contribution in [-0.4, -0.2) is 27.8 Å². The summed E-state index contributed by atoms with van der Waals surface area (Å²) in [6.07, 6.45) is 1.91. The number of pyridine rings is 1. The van der Waals surface area contributed by atoms with Gasteiger partial charge in [-0.15, -0.1) is 0 Å². The van der Waals surface area contributed by atoms with Gasteiger partial charge >= 0.3 is 196 Å². The molecular weight excluding hydrogens is 467 g/mol. The first kappa shape index (κ1) is 20.2. The van der Waals surface area contributed by atoms with Gasteiger partial charge in [-0.05, 0) is 0 Å². The minimum absolute atomic E-state index is 0.863. The molecule has 162 valence electrons. The van der Waals surface area contributed by atoms with Crippen molar-refractivity contribution in [1.29, 1.82) is 0 Å². The van der Waals surface area contributed by atoms with Gasteiger partial charge in [-0.1, -0.05) is 0 Å². The van der Waals surface area contributed by atoms with Crippen molar-refractivity contribution in [2.75, 3.05) is 0 Å². The number of rotatable bonds is 3. The zero-order valence-electron chi connectivity index (χ0n) is 19.3. The molecule has 33 heavy (non-hydrogen) atoms. The number of aromatic nitrogens is 3. The molecular formula is C28H25GeN3O. The van der Waals surface area contributed by atoms with E-state index >= 15 is 0 Å². The van der Waals surface area contributed by atoms with Crippen molar-refractivity contribution in [3.05, 3.63) is 84.7 Å². The van der Waals surface area contributed by atoms with Gasteiger partial charge in [0.25, 0.3) is 0 Å². The topological polar surface area (TPSA) is 43.9 Å². The molecule has 6 rings (SSSR count). The van der Waals surface area contributed by atoms with Gasteiger partial charge in [0, 0.05) is 0 Å². The summed E-state index contributed by atoms with van der Waals surface area (Å²) < 4.78 is 10.2. The molecule has 0 fully saturated rings. The summed E-state index contributed by atoms with van der Waals surface area (Å²) in [6.45, 7) is 2.00. The van der Waals surface area contributed by atoms with Crippen molar-refractivity contribution in [3.8, 4) is 17.1 Å². The maximum absolute atomic E-state index is 6.55. The van der Waals surface area contributed by atoms with Crippen molar-refractivity contribution in [3.63, 3.8) is 0 Å². The standard InChI is InChI=1S/C28H25GeN3O/c1-18-15-24-25(17-30-18)32(20-9-6-5-7-10-20)28(31-24)23-12-8-11-22-21-14-13-19(29(2,3)4)16-26(21)33-27(22)23/h5-17H,1-4H3. The molecule has 0 saturated heterocycles. The summed E-state index contributed by atoms with van der Waals surface area (Å²) in [5.74, 6) is 8.09. The van der Waals surface area contributed by atoms with Gasteiger partial charge in [-0.3, -0.25) is 0 Å². The van der Waals surface area contributed by atoms with Crippen molar-refractivity contribution >= 4 is 50.6 Å². The van der Waals surface area contributed by atoms with Crippen LogP contribution in [0.5, 0.6) is 0 Å². The second-order valence-electron chi connectivity index (χ2n) is 9.67. The molecule has 4 nitrogen and oxygen atoms in total. The monoisotopic (exact) mass is 493 g/mol. The Kier molecular flexibility index (Phi) is 4.49. The van der Waals surface area contributed by atoms with E-state index in [9.17, 15) is 0 Å². The van der Waals surface area contributed by atoms with Crippen LogP contribution < -0.4 is 4.40 Å². The van der Waals surface area contributed by atoms with Crippen LogP contribution in [0.3, 0.4) is 0 Å². The van der Waals surface area contributed by atoms with Crippen LogP contribution in [0.15, 0.2) is 83.4 Å². The fraction of sp³-hybridized carbons (Fsp3) is 0.143. The predicted octanol–water partition coefficient (Wildman–Crippen LogP) is 6.84. The first-order chi connectivity index (χ1) is 15.9. The maximum atomic E-state index is 6.55.